The molecular formula is C16H18F2N4O. The summed E-state index contributed by atoms with van der Waals surface area (Å²) >= 11 is 0. The topological polar surface area (TPSA) is 58.1 Å². The summed E-state index contributed by atoms with van der Waals surface area (Å²) in [5.74, 6) is -1.78. The van der Waals surface area contributed by atoms with Crippen molar-refractivity contribution in [2.24, 2.45) is 0 Å². The fourth-order valence-electron chi connectivity index (χ4n) is 1.94. The molecule has 0 unspecified atom stereocenters. The predicted octanol–water partition coefficient (Wildman–Crippen LogP) is 3.24. The standard InChI is InChI=1S/C16H18F2N4O/c1-3-4-8-22(2)14-10-19-13(9-20-14)16(23)21-15-11(17)6-5-7-12(15)18/h5-7,9-10H,3-4,8H2,1-2H3,(H,21,23). The van der Waals surface area contributed by atoms with Crippen LogP contribution < -0.4 is 10.2 Å². The lowest BCUT2D eigenvalue weighted by Gasteiger charge is -2.17. The quantitative estimate of drug-likeness (QED) is 0.888. The summed E-state index contributed by atoms with van der Waals surface area (Å²) in [5.41, 5.74) is -0.510. The van der Waals surface area contributed by atoms with Crippen molar-refractivity contribution in [3.05, 3.63) is 47.9 Å². The van der Waals surface area contributed by atoms with E-state index in [1.165, 1.54) is 18.5 Å². The maximum atomic E-state index is 13.5. The van der Waals surface area contributed by atoms with Gasteiger partial charge in [0.1, 0.15) is 28.8 Å². The maximum Gasteiger partial charge on any atom is 0.276 e. The van der Waals surface area contributed by atoms with E-state index in [4.69, 9.17) is 0 Å². The molecule has 2 aromatic rings. The van der Waals surface area contributed by atoms with Crippen molar-refractivity contribution in [2.75, 3.05) is 23.8 Å². The van der Waals surface area contributed by atoms with Crippen LogP contribution in [0.15, 0.2) is 30.6 Å². The van der Waals surface area contributed by atoms with Gasteiger partial charge < -0.3 is 10.2 Å². The molecule has 1 aromatic heterocycles. The minimum absolute atomic E-state index is 0.0136. The molecule has 0 aliphatic carbocycles. The largest absolute Gasteiger partial charge is 0.358 e. The highest BCUT2D eigenvalue weighted by atomic mass is 19.1. The van der Waals surface area contributed by atoms with Crippen LogP contribution in [0, 0.1) is 11.6 Å². The minimum Gasteiger partial charge on any atom is -0.358 e. The average molecular weight is 320 g/mol. The summed E-state index contributed by atoms with van der Waals surface area (Å²) < 4.78 is 27.0. The molecule has 0 fully saturated rings. The predicted molar refractivity (Wildman–Crippen MR) is 84.5 cm³/mol. The van der Waals surface area contributed by atoms with Gasteiger partial charge in [0.25, 0.3) is 5.91 Å². The number of unbranched alkanes of at least 4 members (excludes halogenated alkanes) is 1. The lowest BCUT2D eigenvalue weighted by atomic mass is 10.2. The number of nitrogens with one attached hydrogen (secondary N) is 1. The second-order valence-electron chi connectivity index (χ2n) is 5.09. The highest BCUT2D eigenvalue weighted by Gasteiger charge is 2.15. The zero-order chi connectivity index (χ0) is 16.8. The number of nitrogens with zero attached hydrogens (tertiary/aromatic N) is 3. The number of amides is 1. The fraction of sp³-hybridized carbons (Fsp3) is 0.312. The number of aromatic nitrogens is 2. The number of carbonyl (C=O) groups is 1. The lowest BCUT2D eigenvalue weighted by Crippen LogP contribution is -2.21. The first kappa shape index (κ1) is 16.8. The Balaban J connectivity index is 2.08. The van der Waals surface area contributed by atoms with Crippen LogP contribution in [0.2, 0.25) is 0 Å². The number of rotatable bonds is 6. The average Bonchev–Trinajstić information content (AvgIpc) is 2.56. The van der Waals surface area contributed by atoms with Crippen LogP contribution in [-0.2, 0) is 0 Å². The van der Waals surface area contributed by atoms with E-state index in [0.717, 1.165) is 31.5 Å². The van der Waals surface area contributed by atoms with Gasteiger partial charge >= 0.3 is 0 Å². The second-order valence-corrected chi connectivity index (χ2v) is 5.09. The summed E-state index contributed by atoms with van der Waals surface area (Å²) in [6.45, 7) is 2.92. The third-order valence-corrected chi connectivity index (χ3v) is 3.31. The van der Waals surface area contributed by atoms with Gasteiger partial charge in [-0.3, -0.25) is 4.79 Å². The number of para-hydroxylation sites is 1. The van der Waals surface area contributed by atoms with Gasteiger partial charge in [-0.05, 0) is 18.6 Å². The van der Waals surface area contributed by atoms with Crippen LogP contribution in [-0.4, -0.2) is 29.5 Å². The molecule has 1 N–H and O–H groups in total. The Hall–Kier alpha value is -2.57. The molecule has 1 amide bonds. The number of benzene rings is 1. The minimum atomic E-state index is -0.845. The van der Waals surface area contributed by atoms with Crippen molar-refractivity contribution in [1.82, 2.24) is 9.97 Å². The molecule has 1 heterocycles. The third kappa shape index (κ3) is 4.21. The van der Waals surface area contributed by atoms with Crippen LogP contribution >= 0.6 is 0 Å². The lowest BCUT2D eigenvalue weighted by molar-refractivity contribution is 0.102. The SMILES string of the molecule is CCCCN(C)c1cnc(C(=O)Nc2c(F)cccc2F)cn1. The first-order valence-corrected chi connectivity index (χ1v) is 7.31. The van der Waals surface area contributed by atoms with Gasteiger partial charge in [-0.1, -0.05) is 19.4 Å². The molecule has 0 aliphatic heterocycles. The van der Waals surface area contributed by atoms with Crippen LogP contribution in [0.5, 0.6) is 0 Å². The highest BCUT2D eigenvalue weighted by molar-refractivity contribution is 6.02. The summed E-state index contributed by atoms with van der Waals surface area (Å²) in [5, 5.41) is 2.17. The van der Waals surface area contributed by atoms with Crippen LogP contribution in [0.3, 0.4) is 0 Å². The monoisotopic (exact) mass is 320 g/mol. The van der Waals surface area contributed by atoms with Gasteiger partial charge in [-0.15, -0.1) is 0 Å². The molecule has 2 rings (SSSR count). The van der Waals surface area contributed by atoms with E-state index >= 15 is 0 Å². The Bertz CT molecular complexity index is 656. The molecule has 0 aliphatic rings. The first-order valence-electron chi connectivity index (χ1n) is 7.31. The molecular weight excluding hydrogens is 302 g/mol. The van der Waals surface area contributed by atoms with Crippen molar-refractivity contribution in [2.45, 2.75) is 19.8 Å². The van der Waals surface area contributed by atoms with E-state index in [2.05, 4.69) is 22.2 Å². The van der Waals surface area contributed by atoms with E-state index in [9.17, 15) is 13.6 Å². The summed E-state index contributed by atoms with van der Waals surface area (Å²) in [7, 11) is 1.88. The Labute approximate surface area is 133 Å². The summed E-state index contributed by atoms with van der Waals surface area (Å²) in [4.78, 5) is 22.1. The van der Waals surface area contributed by atoms with Crippen LogP contribution in [0.4, 0.5) is 20.3 Å². The zero-order valence-corrected chi connectivity index (χ0v) is 13.0. The molecule has 0 atom stereocenters. The molecule has 7 heteroatoms. The second kappa shape index (κ2) is 7.62. The molecule has 23 heavy (non-hydrogen) atoms. The van der Waals surface area contributed by atoms with Crippen molar-refractivity contribution < 1.29 is 13.6 Å². The smallest absolute Gasteiger partial charge is 0.276 e. The van der Waals surface area contributed by atoms with E-state index < -0.39 is 23.2 Å². The van der Waals surface area contributed by atoms with E-state index in [1.54, 1.807) is 0 Å². The van der Waals surface area contributed by atoms with Gasteiger partial charge in [0, 0.05) is 13.6 Å². The van der Waals surface area contributed by atoms with Gasteiger partial charge in [0.2, 0.25) is 0 Å². The molecule has 0 saturated heterocycles. The number of anilines is 2. The first-order chi connectivity index (χ1) is 11.0. The fourth-order valence-corrected chi connectivity index (χ4v) is 1.94. The third-order valence-electron chi connectivity index (χ3n) is 3.31. The van der Waals surface area contributed by atoms with Gasteiger partial charge in [0.05, 0.1) is 12.4 Å². The Morgan fingerprint density at radius 2 is 1.91 bits per heavy atom. The normalized spacial score (nSPS) is 10.4. The number of halogens is 2. The molecule has 0 radical (unpaired) electrons. The summed E-state index contributed by atoms with van der Waals surface area (Å²) in [6.07, 6.45) is 4.83. The van der Waals surface area contributed by atoms with Crippen molar-refractivity contribution >= 4 is 17.4 Å². The Morgan fingerprint density at radius 3 is 2.48 bits per heavy atom. The Morgan fingerprint density at radius 1 is 1.22 bits per heavy atom. The van der Waals surface area contributed by atoms with Gasteiger partial charge in [-0.2, -0.15) is 0 Å². The Kier molecular flexibility index (Phi) is 5.56. The highest BCUT2D eigenvalue weighted by Crippen LogP contribution is 2.18. The molecule has 0 bridgehead atoms. The summed E-state index contributed by atoms with van der Waals surface area (Å²) in [6, 6.07) is 3.35. The van der Waals surface area contributed by atoms with Crippen molar-refractivity contribution in [1.29, 1.82) is 0 Å². The van der Waals surface area contributed by atoms with E-state index in [0.29, 0.717) is 5.82 Å². The zero-order valence-electron chi connectivity index (χ0n) is 13.0. The molecule has 122 valence electrons. The van der Waals surface area contributed by atoms with Crippen molar-refractivity contribution in [3.63, 3.8) is 0 Å². The van der Waals surface area contributed by atoms with Gasteiger partial charge in [0.15, 0.2) is 0 Å². The number of carbonyl (C=O) groups excluding carboxylic acids is 1. The number of hydrogen-bond acceptors (Lipinski definition) is 4. The van der Waals surface area contributed by atoms with Crippen molar-refractivity contribution in [3.8, 4) is 0 Å². The van der Waals surface area contributed by atoms with Gasteiger partial charge in [-0.25, -0.2) is 18.7 Å². The van der Waals surface area contributed by atoms with E-state index in [-0.39, 0.29) is 5.69 Å². The molecule has 0 saturated carbocycles. The molecule has 5 nitrogen and oxygen atoms in total. The van der Waals surface area contributed by atoms with Crippen LogP contribution in [0.25, 0.3) is 0 Å². The molecule has 0 spiro atoms. The van der Waals surface area contributed by atoms with E-state index in [1.807, 2.05) is 11.9 Å². The molecule has 1 aromatic carbocycles. The number of hydrogen-bond donors (Lipinski definition) is 1. The van der Waals surface area contributed by atoms with Crippen LogP contribution in [0.1, 0.15) is 30.3 Å². The maximum absolute atomic E-state index is 13.5.